The molecule has 178 valence electrons. The monoisotopic (exact) mass is 478 g/mol. The van der Waals surface area contributed by atoms with E-state index in [0.29, 0.717) is 56.7 Å². The largest absolute Gasteiger partial charge is 0.393 e. The fraction of sp³-hybridized carbons (Fsp3) is 0.423. The summed E-state index contributed by atoms with van der Waals surface area (Å²) in [4.78, 5) is 30.1. The van der Waals surface area contributed by atoms with E-state index < -0.39 is 0 Å². The number of aliphatic hydroxyl groups is 1. The summed E-state index contributed by atoms with van der Waals surface area (Å²) >= 11 is 1.51. The summed E-state index contributed by atoms with van der Waals surface area (Å²) in [6.45, 7) is 2.83. The maximum atomic E-state index is 13.5. The number of thiophene rings is 1. The van der Waals surface area contributed by atoms with E-state index in [2.05, 4.69) is 24.3 Å². The predicted molar refractivity (Wildman–Crippen MR) is 131 cm³/mol. The van der Waals surface area contributed by atoms with Crippen molar-refractivity contribution in [2.75, 3.05) is 19.6 Å². The molecule has 0 saturated carbocycles. The van der Waals surface area contributed by atoms with Crippen LogP contribution in [0.15, 0.2) is 47.2 Å². The number of amides is 2. The lowest BCUT2D eigenvalue weighted by atomic mass is 10.0. The number of aryl methyl sites for hydroxylation is 2. The third-order valence-electron chi connectivity index (χ3n) is 6.82. The molecule has 5 rings (SSSR count). The summed E-state index contributed by atoms with van der Waals surface area (Å²) in [6, 6.07) is 12.2. The zero-order chi connectivity index (χ0) is 23.5. The Balaban J connectivity index is 1.38. The molecule has 0 atom stereocenters. The number of aromatic nitrogens is 2. The van der Waals surface area contributed by atoms with Gasteiger partial charge in [0.1, 0.15) is 0 Å². The van der Waals surface area contributed by atoms with Crippen molar-refractivity contribution in [2.45, 2.75) is 51.3 Å². The van der Waals surface area contributed by atoms with Crippen molar-refractivity contribution in [2.24, 2.45) is 0 Å². The lowest BCUT2D eigenvalue weighted by molar-refractivity contribution is 0.0536. The average molecular weight is 479 g/mol. The van der Waals surface area contributed by atoms with E-state index in [-0.39, 0.29) is 17.9 Å². The molecule has 0 spiro atoms. The van der Waals surface area contributed by atoms with Crippen LogP contribution in [0.25, 0.3) is 0 Å². The lowest BCUT2D eigenvalue weighted by Crippen LogP contribution is -2.41. The molecule has 1 aromatic carbocycles. The number of rotatable bonds is 6. The SMILES string of the molecule is O=C(c1ccsc1)N1CCc2c(c(C(=O)N3CCC(O)CC3)nn2CCCc2ccccc2)C1. The number of aliphatic hydroxyl groups excluding tert-OH is 1. The van der Waals surface area contributed by atoms with Crippen molar-refractivity contribution < 1.29 is 14.7 Å². The maximum Gasteiger partial charge on any atom is 0.274 e. The number of hydrogen-bond acceptors (Lipinski definition) is 5. The van der Waals surface area contributed by atoms with Gasteiger partial charge in [0.25, 0.3) is 11.8 Å². The van der Waals surface area contributed by atoms with Gasteiger partial charge in [-0.3, -0.25) is 14.3 Å². The van der Waals surface area contributed by atoms with Crippen LogP contribution in [0, 0.1) is 0 Å². The van der Waals surface area contributed by atoms with E-state index in [1.165, 1.54) is 16.9 Å². The second kappa shape index (κ2) is 10.1. The number of carbonyl (C=O) groups is 2. The van der Waals surface area contributed by atoms with Crippen LogP contribution in [-0.2, 0) is 25.9 Å². The second-order valence-electron chi connectivity index (χ2n) is 9.10. The molecule has 1 fully saturated rings. The fourth-order valence-electron chi connectivity index (χ4n) is 4.89. The van der Waals surface area contributed by atoms with Gasteiger partial charge in [0, 0.05) is 49.2 Å². The number of carbonyl (C=O) groups excluding carboxylic acids is 2. The van der Waals surface area contributed by atoms with Crippen LogP contribution in [0.4, 0.5) is 0 Å². The van der Waals surface area contributed by atoms with Crippen molar-refractivity contribution in [1.82, 2.24) is 19.6 Å². The summed E-state index contributed by atoms with van der Waals surface area (Å²) in [5, 5.41) is 18.4. The standard InChI is InChI=1S/C26H30N4O3S/c31-21-8-13-28(14-9-21)26(33)24-22-17-29(25(32)20-11-16-34-18-20)15-10-23(22)30(27-24)12-4-7-19-5-2-1-3-6-19/h1-3,5-6,11,16,18,21,31H,4,7-10,12-15,17H2. The van der Waals surface area contributed by atoms with Gasteiger partial charge < -0.3 is 14.9 Å². The van der Waals surface area contributed by atoms with Crippen molar-refractivity contribution in [3.05, 3.63) is 75.2 Å². The van der Waals surface area contributed by atoms with Crippen LogP contribution in [0.1, 0.15) is 56.9 Å². The Hall–Kier alpha value is -2.97. The van der Waals surface area contributed by atoms with Gasteiger partial charge in [-0.15, -0.1) is 0 Å². The summed E-state index contributed by atoms with van der Waals surface area (Å²) in [7, 11) is 0. The smallest absolute Gasteiger partial charge is 0.274 e. The van der Waals surface area contributed by atoms with Crippen molar-refractivity contribution in [3.63, 3.8) is 0 Å². The van der Waals surface area contributed by atoms with Crippen LogP contribution < -0.4 is 0 Å². The van der Waals surface area contributed by atoms with Crippen molar-refractivity contribution in [1.29, 1.82) is 0 Å². The van der Waals surface area contributed by atoms with Gasteiger partial charge in [-0.1, -0.05) is 30.3 Å². The highest BCUT2D eigenvalue weighted by molar-refractivity contribution is 7.08. The first kappa shape index (κ1) is 22.8. The van der Waals surface area contributed by atoms with Crippen LogP contribution >= 0.6 is 11.3 Å². The molecule has 1 saturated heterocycles. The average Bonchev–Trinajstić information content (AvgIpc) is 3.53. The minimum atomic E-state index is -0.341. The molecule has 0 unspecified atom stereocenters. The molecule has 0 radical (unpaired) electrons. The van der Waals surface area contributed by atoms with E-state index in [1.54, 1.807) is 4.90 Å². The summed E-state index contributed by atoms with van der Waals surface area (Å²) in [5.41, 5.74) is 4.41. The van der Waals surface area contributed by atoms with E-state index in [0.717, 1.165) is 30.6 Å². The molecule has 3 aromatic rings. The Kier molecular flexibility index (Phi) is 6.78. The molecule has 2 amide bonds. The molecule has 0 aliphatic carbocycles. The molecular formula is C26H30N4O3S. The van der Waals surface area contributed by atoms with E-state index >= 15 is 0 Å². The summed E-state index contributed by atoms with van der Waals surface area (Å²) in [6.07, 6.45) is 3.41. The quantitative estimate of drug-likeness (QED) is 0.589. The Morgan fingerprint density at radius 2 is 1.82 bits per heavy atom. The minimum absolute atomic E-state index is 0.00298. The third kappa shape index (κ3) is 4.79. The van der Waals surface area contributed by atoms with Crippen LogP contribution in [0.3, 0.4) is 0 Å². The highest BCUT2D eigenvalue weighted by Gasteiger charge is 2.33. The fourth-order valence-corrected chi connectivity index (χ4v) is 5.52. The van der Waals surface area contributed by atoms with E-state index in [1.807, 2.05) is 32.5 Å². The first-order valence-electron chi connectivity index (χ1n) is 12.0. The molecule has 7 nitrogen and oxygen atoms in total. The topological polar surface area (TPSA) is 78.7 Å². The number of likely N-dealkylation sites (tertiary alicyclic amines) is 1. The number of piperidine rings is 1. The molecule has 4 heterocycles. The van der Waals surface area contributed by atoms with Gasteiger partial charge in [-0.05, 0) is 42.7 Å². The molecule has 34 heavy (non-hydrogen) atoms. The Bertz CT molecular complexity index is 1130. The maximum absolute atomic E-state index is 13.5. The molecule has 2 aliphatic rings. The van der Waals surface area contributed by atoms with Crippen molar-refractivity contribution >= 4 is 23.2 Å². The van der Waals surface area contributed by atoms with Crippen LogP contribution in [0.2, 0.25) is 0 Å². The number of benzene rings is 1. The normalized spacial score (nSPS) is 16.5. The first-order chi connectivity index (χ1) is 16.6. The Labute approximate surface area is 203 Å². The molecule has 0 bridgehead atoms. The number of hydrogen-bond donors (Lipinski definition) is 1. The lowest BCUT2D eigenvalue weighted by Gasteiger charge is -2.30. The molecule has 1 N–H and O–H groups in total. The van der Waals surface area contributed by atoms with Gasteiger partial charge >= 0.3 is 0 Å². The summed E-state index contributed by atoms with van der Waals surface area (Å²) < 4.78 is 2.00. The first-order valence-corrected chi connectivity index (χ1v) is 13.0. The zero-order valence-corrected chi connectivity index (χ0v) is 20.0. The van der Waals surface area contributed by atoms with Gasteiger partial charge in [0.05, 0.1) is 18.2 Å². The van der Waals surface area contributed by atoms with E-state index in [9.17, 15) is 14.7 Å². The number of nitrogens with zero attached hydrogens (tertiary/aromatic N) is 4. The van der Waals surface area contributed by atoms with Gasteiger partial charge in [-0.2, -0.15) is 16.4 Å². The molecule has 8 heteroatoms. The predicted octanol–water partition coefficient (Wildman–Crippen LogP) is 3.37. The zero-order valence-electron chi connectivity index (χ0n) is 19.2. The molecular weight excluding hydrogens is 448 g/mol. The van der Waals surface area contributed by atoms with Gasteiger partial charge in [0.2, 0.25) is 0 Å². The highest BCUT2D eigenvalue weighted by Crippen LogP contribution is 2.27. The van der Waals surface area contributed by atoms with Gasteiger partial charge in [0.15, 0.2) is 5.69 Å². The third-order valence-corrected chi connectivity index (χ3v) is 7.51. The Morgan fingerprint density at radius 1 is 1.03 bits per heavy atom. The Morgan fingerprint density at radius 3 is 2.56 bits per heavy atom. The second-order valence-corrected chi connectivity index (χ2v) is 9.88. The summed E-state index contributed by atoms with van der Waals surface area (Å²) in [5.74, 6) is -0.0852. The minimum Gasteiger partial charge on any atom is -0.393 e. The van der Waals surface area contributed by atoms with E-state index in [4.69, 9.17) is 5.10 Å². The number of fused-ring (bicyclic) bond motifs is 1. The molecule has 2 aromatic heterocycles. The van der Waals surface area contributed by atoms with Gasteiger partial charge in [-0.25, -0.2) is 0 Å². The van der Waals surface area contributed by atoms with Crippen LogP contribution in [-0.4, -0.2) is 62.2 Å². The van der Waals surface area contributed by atoms with Crippen LogP contribution in [0.5, 0.6) is 0 Å². The highest BCUT2D eigenvalue weighted by atomic mass is 32.1. The molecule has 2 aliphatic heterocycles. The van der Waals surface area contributed by atoms with Crippen molar-refractivity contribution in [3.8, 4) is 0 Å².